The van der Waals surface area contributed by atoms with Gasteiger partial charge in [-0.2, -0.15) is 0 Å². The number of aliphatic hydroxyl groups is 1. The Morgan fingerprint density at radius 1 is 1.00 bits per heavy atom. The van der Waals surface area contributed by atoms with Gasteiger partial charge in [-0.25, -0.2) is 0 Å². The second kappa shape index (κ2) is 6.01. The first-order valence-corrected chi connectivity index (χ1v) is 7.21. The van der Waals surface area contributed by atoms with Crippen molar-refractivity contribution in [3.63, 3.8) is 0 Å². The fraction of sp³-hybridized carbons (Fsp3) is 0.600. The van der Waals surface area contributed by atoms with E-state index in [0.29, 0.717) is 0 Å². The minimum atomic E-state index is -0.243. The van der Waals surface area contributed by atoms with Crippen LogP contribution in [-0.4, -0.2) is 60.3 Å². The number of aliphatic hydroxyl groups excluding tert-OH is 1. The van der Waals surface area contributed by atoms with Gasteiger partial charge in [0.1, 0.15) is 0 Å². The first-order valence-electron chi connectivity index (χ1n) is 7.21. The van der Waals surface area contributed by atoms with Crippen LogP contribution in [0, 0.1) is 0 Å². The summed E-state index contributed by atoms with van der Waals surface area (Å²) in [7, 11) is 0. The third-order valence-corrected chi connectivity index (χ3v) is 4.05. The molecule has 0 aromatic heterocycles. The summed E-state index contributed by atoms with van der Waals surface area (Å²) in [5.41, 5.74) is 2.83. The molecule has 4 heteroatoms. The summed E-state index contributed by atoms with van der Waals surface area (Å²) < 4.78 is 0. The lowest BCUT2D eigenvalue weighted by Crippen LogP contribution is -2.47. The highest BCUT2D eigenvalue weighted by Crippen LogP contribution is 2.22. The third-order valence-electron chi connectivity index (χ3n) is 4.05. The summed E-state index contributed by atoms with van der Waals surface area (Å²) in [5.74, 6) is 0. The summed E-state index contributed by atoms with van der Waals surface area (Å²) >= 11 is 0. The van der Waals surface area contributed by atoms with E-state index >= 15 is 0 Å². The number of β-amino-alcohol motifs (C(OH)–C–C–N with tert-alkyl or cyclic N) is 1. The zero-order chi connectivity index (χ0) is 13.1. The number of fused-ring (bicyclic) bond motifs is 1. The van der Waals surface area contributed by atoms with Gasteiger partial charge in [0.2, 0.25) is 0 Å². The molecule has 0 amide bonds. The number of benzene rings is 1. The number of piperazine rings is 1. The van der Waals surface area contributed by atoms with Gasteiger partial charge in [-0.3, -0.25) is 9.80 Å². The quantitative estimate of drug-likeness (QED) is 0.816. The molecule has 104 valence electrons. The van der Waals surface area contributed by atoms with Crippen LogP contribution in [0.25, 0.3) is 0 Å². The van der Waals surface area contributed by atoms with Crippen molar-refractivity contribution in [3.8, 4) is 0 Å². The van der Waals surface area contributed by atoms with Gasteiger partial charge in [0.25, 0.3) is 0 Å². The second-order valence-corrected chi connectivity index (χ2v) is 5.64. The highest BCUT2D eigenvalue weighted by Gasteiger charge is 2.22. The van der Waals surface area contributed by atoms with Crippen molar-refractivity contribution < 1.29 is 5.11 Å². The summed E-state index contributed by atoms with van der Waals surface area (Å²) in [6.45, 7) is 7.73. The fourth-order valence-electron chi connectivity index (χ4n) is 3.08. The molecular weight excluding hydrogens is 238 g/mol. The minimum Gasteiger partial charge on any atom is -0.390 e. The molecule has 3 rings (SSSR count). The van der Waals surface area contributed by atoms with Crippen LogP contribution in [0.2, 0.25) is 0 Å². The second-order valence-electron chi connectivity index (χ2n) is 5.64. The van der Waals surface area contributed by atoms with Crippen LogP contribution >= 0.6 is 0 Å². The van der Waals surface area contributed by atoms with E-state index in [0.717, 1.165) is 52.4 Å². The molecule has 2 N–H and O–H groups in total. The molecule has 2 aliphatic rings. The number of nitrogens with zero attached hydrogens (tertiary/aromatic N) is 2. The summed E-state index contributed by atoms with van der Waals surface area (Å²) in [5, 5.41) is 13.6. The Morgan fingerprint density at radius 3 is 2.21 bits per heavy atom. The van der Waals surface area contributed by atoms with Crippen LogP contribution in [0.1, 0.15) is 11.1 Å². The number of hydrogen-bond acceptors (Lipinski definition) is 4. The van der Waals surface area contributed by atoms with Crippen LogP contribution in [0.5, 0.6) is 0 Å². The number of rotatable bonds is 4. The predicted octanol–water partition coefficient (Wildman–Crippen LogP) is 0.268. The molecular formula is C15H23N3O. The molecule has 0 saturated carbocycles. The molecule has 1 unspecified atom stereocenters. The van der Waals surface area contributed by atoms with Crippen molar-refractivity contribution in [1.29, 1.82) is 0 Å². The Labute approximate surface area is 115 Å². The van der Waals surface area contributed by atoms with E-state index in [1.54, 1.807) is 0 Å². The molecule has 1 fully saturated rings. The zero-order valence-corrected chi connectivity index (χ0v) is 11.4. The highest BCUT2D eigenvalue weighted by atomic mass is 16.3. The minimum absolute atomic E-state index is 0.243. The first-order chi connectivity index (χ1) is 9.31. The van der Waals surface area contributed by atoms with Crippen LogP contribution in [0.3, 0.4) is 0 Å². The SMILES string of the molecule is OC(CN1CCNCC1)CN1Cc2ccccc2C1. The molecule has 1 atom stereocenters. The maximum Gasteiger partial charge on any atom is 0.0794 e. The fourth-order valence-corrected chi connectivity index (χ4v) is 3.08. The Hall–Kier alpha value is -0.940. The van der Waals surface area contributed by atoms with Gasteiger partial charge in [-0.05, 0) is 11.1 Å². The van der Waals surface area contributed by atoms with E-state index in [1.165, 1.54) is 11.1 Å². The van der Waals surface area contributed by atoms with E-state index in [2.05, 4.69) is 39.4 Å². The van der Waals surface area contributed by atoms with Gasteiger partial charge in [0.15, 0.2) is 0 Å². The molecule has 1 aromatic carbocycles. The van der Waals surface area contributed by atoms with Crippen molar-refractivity contribution in [3.05, 3.63) is 35.4 Å². The molecule has 1 saturated heterocycles. The van der Waals surface area contributed by atoms with Crippen molar-refractivity contribution >= 4 is 0 Å². The monoisotopic (exact) mass is 261 g/mol. The Morgan fingerprint density at radius 2 is 1.58 bits per heavy atom. The van der Waals surface area contributed by atoms with Crippen LogP contribution in [0.4, 0.5) is 0 Å². The molecule has 0 radical (unpaired) electrons. The zero-order valence-electron chi connectivity index (χ0n) is 11.4. The standard InChI is InChI=1S/C15H23N3O/c19-15(11-17-7-5-16-6-8-17)12-18-9-13-3-1-2-4-14(13)10-18/h1-4,15-16,19H,5-12H2. The highest BCUT2D eigenvalue weighted by molar-refractivity contribution is 5.30. The molecule has 0 bridgehead atoms. The van der Waals surface area contributed by atoms with Gasteiger partial charge >= 0.3 is 0 Å². The smallest absolute Gasteiger partial charge is 0.0794 e. The normalized spacial score (nSPS) is 22.4. The Balaban J connectivity index is 1.47. The largest absolute Gasteiger partial charge is 0.390 e. The van der Waals surface area contributed by atoms with Crippen molar-refractivity contribution in [2.24, 2.45) is 0 Å². The topological polar surface area (TPSA) is 38.7 Å². The van der Waals surface area contributed by atoms with Gasteiger partial charge in [-0.15, -0.1) is 0 Å². The molecule has 0 aliphatic carbocycles. The van der Waals surface area contributed by atoms with Gasteiger partial charge in [-0.1, -0.05) is 24.3 Å². The van der Waals surface area contributed by atoms with E-state index in [1.807, 2.05) is 0 Å². The summed E-state index contributed by atoms with van der Waals surface area (Å²) in [4.78, 5) is 4.70. The van der Waals surface area contributed by atoms with E-state index < -0.39 is 0 Å². The molecule has 1 aromatic rings. The maximum absolute atomic E-state index is 10.2. The molecule has 2 aliphatic heterocycles. The van der Waals surface area contributed by atoms with Crippen LogP contribution in [-0.2, 0) is 13.1 Å². The molecule has 4 nitrogen and oxygen atoms in total. The Kier molecular flexibility index (Phi) is 4.13. The maximum atomic E-state index is 10.2. The Bertz CT molecular complexity index is 393. The van der Waals surface area contributed by atoms with Gasteiger partial charge in [0, 0.05) is 52.4 Å². The van der Waals surface area contributed by atoms with Crippen LogP contribution < -0.4 is 5.32 Å². The van der Waals surface area contributed by atoms with Crippen molar-refractivity contribution in [1.82, 2.24) is 15.1 Å². The van der Waals surface area contributed by atoms with E-state index in [4.69, 9.17) is 0 Å². The lowest BCUT2D eigenvalue weighted by molar-refractivity contribution is 0.0685. The van der Waals surface area contributed by atoms with Gasteiger partial charge < -0.3 is 10.4 Å². The molecule has 2 heterocycles. The predicted molar refractivity (Wildman–Crippen MR) is 75.9 cm³/mol. The third kappa shape index (κ3) is 3.34. The number of nitrogens with one attached hydrogen (secondary N) is 1. The number of hydrogen-bond donors (Lipinski definition) is 2. The lowest BCUT2D eigenvalue weighted by atomic mass is 10.1. The van der Waals surface area contributed by atoms with Crippen molar-refractivity contribution in [2.75, 3.05) is 39.3 Å². The van der Waals surface area contributed by atoms with E-state index in [9.17, 15) is 5.11 Å². The summed E-state index contributed by atoms with van der Waals surface area (Å²) in [6.07, 6.45) is -0.243. The van der Waals surface area contributed by atoms with Crippen LogP contribution in [0.15, 0.2) is 24.3 Å². The average molecular weight is 261 g/mol. The lowest BCUT2D eigenvalue weighted by Gasteiger charge is -2.30. The average Bonchev–Trinajstić information content (AvgIpc) is 2.81. The summed E-state index contributed by atoms with van der Waals surface area (Å²) in [6, 6.07) is 8.58. The molecule has 19 heavy (non-hydrogen) atoms. The van der Waals surface area contributed by atoms with Crippen molar-refractivity contribution in [2.45, 2.75) is 19.2 Å². The van der Waals surface area contributed by atoms with E-state index in [-0.39, 0.29) is 6.10 Å². The molecule has 0 spiro atoms. The van der Waals surface area contributed by atoms with Gasteiger partial charge in [0.05, 0.1) is 6.10 Å². The first kappa shape index (κ1) is 13.1.